The Morgan fingerprint density at radius 1 is 1.27 bits per heavy atom. The lowest BCUT2D eigenvalue weighted by Crippen LogP contribution is -1.86. The standard InChI is InChI=1S/C11H10BrClS2/c1-6-5-7(2)14-11(6)10(12)8-3-4-9(13)15-8/h3-5,10H,1-2H3. The molecule has 1 unspecified atom stereocenters. The van der Waals surface area contributed by atoms with E-state index in [0.717, 1.165) is 4.34 Å². The van der Waals surface area contributed by atoms with E-state index in [0.29, 0.717) is 0 Å². The summed E-state index contributed by atoms with van der Waals surface area (Å²) in [5.41, 5.74) is 1.35. The molecule has 0 bridgehead atoms. The van der Waals surface area contributed by atoms with Crippen molar-refractivity contribution in [2.24, 2.45) is 0 Å². The Kier molecular flexibility index (Phi) is 3.56. The van der Waals surface area contributed by atoms with Crippen LogP contribution in [0.1, 0.15) is 25.0 Å². The van der Waals surface area contributed by atoms with E-state index in [1.807, 2.05) is 17.4 Å². The summed E-state index contributed by atoms with van der Waals surface area (Å²) in [6.45, 7) is 4.30. The van der Waals surface area contributed by atoms with E-state index >= 15 is 0 Å². The van der Waals surface area contributed by atoms with E-state index in [4.69, 9.17) is 11.6 Å². The van der Waals surface area contributed by atoms with E-state index in [1.165, 1.54) is 20.2 Å². The predicted molar refractivity (Wildman–Crippen MR) is 73.9 cm³/mol. The molecule has 0 aliphatic heterocycles. The number of hydrogen-bond donors (Lipinski definition) is 0. The fraction of sp³-hybridized carbons (Fsp3) is 0.273. The summed E-state index contributed by atoms with van der Waals surface area (Å²) in [5, 5.41) is 0. The lowest BCUT2D eigenvalue weighted by molar-refractivity contribution is 1.24. The van der Waals surface area contributed by atoms with Gasteiger partial charge in [0.15, 0.2) is 0 Å². The molecule has 0 nitrogen and oxygen atoms in total. The van der Waals surface area contributed by atoms with Gasteiger partial charge in [0.1, 0.15) is 0 Å². The van der Waals surface area contributed by atoms with Crippen molar-refractivity contribution < 1.29 is 0 Å². The third-order valence-electron chi connectivity index (χ3n) is 2.15. The van der Waals surface area contributed by atoms with Gasteiger partial charge in [0, 0.05) is 14.6 Å². The fourth-order valence-corrected chi connectivity index (χ4v) is 4.74. The molecule has 2 rings (SSSR count). The fourth-order valence-electron chi connectivity index (χ4n) is 1.50. The molecule has 0 aromatic carbocycles. The Morgan fingerprint density at radius 2 is 2.00 bits per heavy atom. The number of rotatable bonds is 2. The van der Waals surface area contributed by atoms with Crippen molar-refractivity contribution >= 4 is 50.2 Å². The zero-order valence-corrected chi connectivity index (χ0v) is 12.4. The molecule has 1 atom stereocenters. The largest absolute Gasteiger partial charge is 0.144 e. The molecule has 0 amide bonds. The van der Waals surface area contributed by atoms with Crippen LogP contribution >= 0.6 is 50.2 Å². The van der Waals surface area contributed by atoms with Gasteiger partial charge in [-0.3, -0.25) is 0 Å². The molecular weight excluding hydrogens is 312 g/mol. The van der Waals surface area contributed by atoms with E-state index in [2.05, 4.69) is 41.9 Å². The maximum absolute atomic E-state index is 5.94. The number of alkyl halides is 1. The molecule has 0 N–H and O–H groups in total. The van der Waals surface area contributed by atoms with Gasteiger partial charge in [-0.15, -0.1) is 22.7 Å². The first-order valence-electron chi connectivity index (χ1n) is 4.54. The highest BCUT2D eigenvalue weighted by atomic mass is 79.9. The van der Waals surface area contributed by atoms with Crippen molar-refractivity contribution in [3.63, 3.8) is 0 Å². The Hall–Kier alpha value is 0.170. The highest BCUT2D eigenvalue weighted by Gasteiger charge is 2.16. The molecule has 4 heteroatoms. The molecule has 2 aromatic heterocycles. The summed E-state index contributed by atoms with van der Waals surface area (Å²) in [5.74, 6) is 0. The van der Waals surface area contributed by atoms with Crippen LogP contribution in [0.5, 0.6) is 0 Å². The van der Waals surface area contributed by atoms with Gasteiger partial charge in [0.05, 0.1) is 9.16 Å². The second-order valence-corrected chi connectivity index (χ2v) is 7.36. The van der Waals surface area contributed by atoms with Crippen LogP contribution in [0.4, 0.5) is 0 Å². The van der Waals surface area contributed by atoms with Crippen LogP contribution in [0.25, 0.3) is 0 Å². The second kappa shape index (κ2) is 4.58. The number of thiophene rings is 2. The molecule has 0 spiro atoms. The monoisotopic (exact) mass is 320 g/mol. The van der Waals surface area contributed by atoms with Gasteiger partial charge in [-0.2, -0.15) is 0 Å². The smallest absolute Gasteiger partial charge is 0.0931 e. The molecule has 0 radical (unpaired) electrons. The normalized spacial score (nSPS) is 13.1. The first kappa shape index (κ1) is 11.6. The molecular formula is C11H10BrClS2. The van der Waals surface area contributed by atoms with Gasteiger partial charge in [0.2, 0.25) is 0 Å². The molecule has 0 aliphatic carbocycles. The van der Waals surface area contributed by atoms with Crippen LogP contribution in [-0.2, 0) is 0 Å². The minimum atomic E-state index is 0.286. The molecule has 0 saturated heterocycles. The van der Waals surface area contributed by atoms with Crippen molar-refractivity contribution in [2.75, 3.05) is 0 Å². The van der Waals surface area contributed by atoms with E-state index in [9.17, 15) is 0 Å². The Balaban J connectivity index is 2.35. The van der Waals surface area contributed by atoms with Crippen LogP contribution in [-0.4, -0.2) is 0 Å². The van der Waals surface area contributed by atoms with Crippen LogP contribution < -0.4 is 0 Å². The maximum atomic E-state index is 5.94. The molecule has 2 aromatic rings. The third-order valence-corrected chi connectivity index (χ3v) is 6.22. The van der Waals surface area contributed by atoms with Gasteiger partial charge in [-0.1, -0.05) is 27.5 Å². The summed E-state index contributed by atoms with van der Waals surface area (Å²) >= 11 is 13.1. The van der Waals surface area contributed by atoms with Gasteiger partial charge < -0.3 is 0 Å². The van der Waals surface area contributed by atoms with E-state index in [-0.39, 0.29) is 4.83 Å². The number of hydrogen-bond acceptors (Lipinski definition) is 2. The molecule has 15 heavy (non-hydrogen) atoms. The average Bonchev–Trinajstić information content (AvgIpc) is 2.71. The zero-order valence-electron chi connectivity index (χ0n) is 8.38. The summed E-state index contributed by atoms with van der Waals surface area (Å²) in [6.07, 6.45) is 0. The first-order chi connectivity index (χ1) is 7.08. The highest BCUT2D eigenvalue weighted by Crippen LogP contribution is 2.41. The molecule has 0 saturated carbocycles. The molecule has 80 valence electrons. The Bertz CT molecular complexity index is 473. The SMILES string of the molecule is Cc1cc(C)c(C(Br)c2ccc(Cl)s2)s1. The topological polar surface area (TPSA) is 0 Å². The van der Waals surface area contributed by atoms with Crippen LogP contribution in [0.3, 0.4) is 0 Å². The lowest BCUT2D eigenvalue weighted by atomic mass is 10.2. The quantitative estimate of drug-likeness (QED) is 0.635. The Morgan fingerprint density at radius 3 is 2.47 bits per heavy atom. The van der Waals surface area contributed by atoms with Gasteiger partial charge in [-0.05, 0) is 37.6 Å². The lowest BCUT2D eigenvalue weighted by Gasteiger charge is -2.05. The second-order valence-electron chi connectivity index (χ2n) is 3.41. The minimum absolute atomic E-state index is 0.286. The van der Waals surface area contributed by atoms with Crippen molar-refractivity contribution in [3.05, 3.63) is 42.7 Å². The third kappa shape index (κ3) is 2.47. The predicted octanol–water partition coefficient (Wildman–Crippen LogP) is 5.56. The van der Waals surface area contributed by atoms with Crippen LogP contribution in [0.15, 0.2) is 18.2 Å². The van der Waals surface area contributed by atoms with Crippen molar-refractivity contribution in [1.29, 1.82) is 0 Å². The highest BCUT2D eigenvalue weighted by molar-refractivity contribution is 9.09. The van der Waals surface area contributed by atoms with Gasteiger partial charge in [0.25, 0.3) is 0 Å². The average molecular weight is 322 g/mol. The van der Waals surface area contributed by atoms with Gasteiger partial charge >= 0.3 is 0 Å². The van der Waals surface area contributed by atoms with E-state index < -0.39 is 0 Å². The van der Waals surface area contributed by atoms with Crippen molar-refractivity contribution in [3.8, 4) is 0 Å². The maximum Gasteiger partial charge on any atom is 0.0931 e. The molecule has 0 aliphatic rings. The first-order valence-corrected chi connectivity index (χ1v) is 7.47. The number of halogens is 2. The zero-order chi connectivity index (χ0) is 11.0. The van der Waals surface area contributed by atoms with Crippen LogP contribution in [0.2, 0.25) is 4.34 Å². The molecule has 2 heterocycles. The Labute approximate surface area is 111 Å². The summed E-state index contributed by atoms with van der Waals surface area (Å²) in [6, 6.07) is 6.26. The minimum Gasteiger partial charge on any atom is -0.144 e. The summed E-state index contributed by atoms with van der Waals surface area (Å²) < 4.78 is 0.848. The van der Waals surface area contributed by atoms with Crippen LogP contribution in [0, 0.1) is 13.8 Å². The van der Waals surface area contributed by atoms with Crippen molar-refractivity contribution in [2.45, 2.75) is 18.7 Å². The van der Waals surface area contributed by atoms with Gasteiger partial charge in [-0.25, -0.2) is 0 Å². The van der Waals surface area contributed by atoms with E-state index in [1.54, 1.807) is 11.3 Å². The summed E-state index contributed by atoms with van der Waals surface area (Å²) in [7, 11) is 0. The number of aryl methyl sites for hydroxylation is 2. The molecule has 0 fully saturated rings. The summed E-state index contributed by atoms with van der Waals surface area (Å²) in [4.78, 5) is 4.29. The van der Waals surface area contributed by atoms with Crippen molar-refractivity contribution in [1.82, 2.24) is 0 Å².